The fourth-order valence-corrected chi connectivity index (χ4v) is 2.46. The van der Waals surface area contributed by atoms with Crippen LogP contribution in [0, 0.1) is 5.41 Å². The van der Waals surface area contributed by atoms with Crippen LogP contribution in [-0.2, 0) is 0 Å². The van der Waals surface area contributed by atoms with E-state index in [0.29, 0.717) is 5.41 Å². The zero-order valence-corrected chi connectivity index (χ0v) is 11.9. The van der Waals surface area contributed by atoms with Gasteiger partial charge in [-0.3, -0.25) is 4.90 Å². The number of rotatable bonds is 4. The van der Waals surface area contributed by atoms with Crippen molar-refractivity contribution in [3.05, 3.63) is 0 Å². The lowest BCUT2D eigenvalue weighted by Crippen LogP contribution is -2.46. The van der Waals surface area contributed by atoms with Crippen LogP contribution in [0.5, 0.6) is 0 Å². The van der Waals surface area contributed by atoms with Gasteiger partial charge in [0.2, 0.25) is 0 Å². The molecule has 16 heavy (non-hydrogen) atoms. The molecule has 0 bridgehead atoms. The summed E-state index contributed by atoms with van der Waals surface area (Å²) >= 11 is 0. The van der Waals surface area contributed by atoms with E-state index in [1.807, 2.05) is 0 Å². The molecule has 2 heteroatoms. The van der Waals surface area contributed by atoms with Crippen LogP contribution in [0.15, 0.2) is 0 Å². The predicted octanol–water partition coefficient (Wildman–Crippen LogP) is 2.84. The topological polar surface area (TPSA) is 6.48 Å². The molecule has 96 valence electrons. The number of likely N-dealkylation sites (N-methyl/N-ethyl adjacent to an activating group) is 1. The van der Waals surface area contributed by atoms with E-state index < -0.39 is 0 Å². The fraction of sp³-hybridized carbons (Fsp3) is 1.00. The van der Waals surface area contributed by atoms with E-state index in [9.17, 15) is 0 Å². The van der Waals surface area contributed by atoms with Crippen LogP contribution >= 0.6 is 0 Å². The third-order valence-corrected chi connectivity index (χ3v) is 3.47. The quantitative estimate of drug-likeness (QED) is 0.727. The summed E-state index contributed by atoms with van der Waals surface area (Å²) in [5.74, 6) is 0. The van der Waals surface area contributed by atoms with Crippen molar-refractivity contribution >= 4 is 0 Å². The van der Waals surface area contributed by atoms with E-state index in [0.717, 1.165) is 6.04 Å². The SMILES string of the molecule is CN(C)CC1CCCCN1CCC(C)(C)C. The first kappa shape index (κ1) is 14.0. The Labute approximate surface area is 102 Å². The van der Waals surface area contributed by atoms with Gasteiger partial charge in [0, 0.05) is 12.6 Å². The maximum absolute atomic E-state index is 2.72. The molecule has 1 saturated heterocycles. The first-order valence-corrected chi connectivity index (χ1v) is 6.77. The van der Waals surface area contributed by atoms with Crippen molar-refractivity contribution < 1.29 is 0 Å². The molecule has 0 aromatic carbocycles. The Bertz CT molecular complexity index is 193. The van der Waals surface area contributed by atoms with Crippen molar-refractivity contribution in [2.45, 2.75) is 52.5 Å². The molecule has 1 fully saturated rings. The van der Waals surface area contributed by atoms with Crippen LogP contribution in [0.4, 0.5) is 0 Å². The van der Waals surface area contributed by atoms with Crippen molar-refractivity contribution in [3.8, 4) is 0 Å². The Kier molecular flexibility index (Phi) is 5.26. The van der Waals surface area contributed by atoms with Gasteiger partial charge in [-0.05, 0) is 51.9 Å². The Hall–Kier alpha value is -0.0800. The minimum atomic E-state index is 0.472. The van der Waals surface area contributed by atoms with Crippen LogP contribution in [0.25, 0.3) is 0 Å². The number of hydrogen-bond donors (Lipinski definition) is 0. The highest BCUT2D eigenvalue weighted by Crippen LogP contribution is 2.23. The van der Waals surface area contributed by atoms with Gasteiger partial charge in [-0.2, -0.15) is 0 Å². The molecule has 0 aromatic rings. The molecule has 1 rings (SSSR count). The van der Waals surface area contributed by atoms with Crippen LogP contribution in [0.3, 0.4) is 0 Å². The van der Waals surface area contributed by atoms with Crippen molar-refractivity contribution in [2.24, 2.45) is 5.41 Å². The maximum Gasteiger partial charge on any atom is 0.0222 e. The zero-order valence-electron chi connectivity index (χ0n) is 11.9. The number of piperidine rings is 1. The van der Waals surface area contributed by atoms with Gasteiger partial charge in [-0.1, -0.05) is 27.2 Å². The molecule has 1 aliphatic rings. The van der Waals surface area contributed by atoms with E-state index in [2.05, 4.69) is 44.7 Å². The summed E-state index contributed by atoms with van der Waals surface area (Å²) in [5.41, 5.74) is 0.472. The van der Waals surface area contributed by atoms with Crippen molar-refractivity contribution in [1.82, 2.24) is 9.80 Å². The first-order chi connectivity index (χ1) is 7.38. The number of likely N-dealkylation sites (tertiary alicyclic amines) is 1. The molecule has 0 aromatic heterocycles. The molecule has 2 nitrogen and oxygen atoms in total. The summed E-state index contributed by atoms with van der Waals surface area (Å²) in [7, 11) is 4.38. The third-order valence-electron chi connectivity index (χ3n) is 3.47. The van der Waals surface area contributed by atoms with Crippen LogP contribution in [-0.4, -0.2) is 49.6 Å². The molecule has 1 unspecified atom stereocenters. The fourth-order valence-electron chi connectivity index (χ4n) is 2.46. The molecule has 0 saturated carbocycles. The standard InChI is InChI=1S/C14H30N2/c1-14(2,3)9-11-16-10-7-6-8-13(16)12-15(4)5/h13H,6-12H2,1-5H3. The molecule has 0 spiro atoms. The summed E-state index contributed by atoms with van der Waals surface area (Å²) in [6.45, 7) is 10.9. The van der Waals surface area contributed by atoms with E-state index >= 15 is 0 Å². The van der Waals surface area contributed by atoms with E-state index in [-0.39, 0.29) is 0 Å². The lowest BCUT2D eigenvalue weighted by Gasteiger charge is -2.38. The summed E-state index contributed by atoms with van der Waals surface area (Å²) in [4.78, 5) is 5.05. The normalized spacial score (nSPS) is 24.0. The minimum absolute atomic E-state index is 0.472. The van der Waals surface area contributed by atoms with Gasteiger partial charge in [0.1, 0.15) is 0 Å². The average Bonchev–Trinajstić information content (AvgIpc) is 2.14. The minimum Gasteiger partial charge on any atom is -0.308 e. The Morgan fingerprint density at radius 3 is 2.44 bits per heavy atom. The van der Waals surface area contributed by atoms with Gasteiger partial charge >= 0.3 is 0 Å². The molecular formula is C14H30N2. The van der Waals surface area contributed by atoms with Crippen molar-refractivity contribution in [2.75, 3.05) is 33.7 Å². The Balaban J connectivity index is 2.41. The van der Waals surface area contributed by atoms with Gasteiger partial charge in [0.05, 0.1) is 0 Å². The van der Waals surface area contributed by atoms with Gasteiger partial charge in [-0.25, -0.2) is 0 Å². The highest BCUT2D eigenvalue weighted by molar-refractivity contribution is 4.79. The van der Waals surface area contributed by atoms with Gasteiger partial charge in [-0.15, -0.1) is 0 Å². The average molecular weight is 226 g/mol. The highest BCUT2D eigenvalue weighted by atomic mass is 15.2. The lowest BCUT2D eigenvalue weighted by molar-refractivity contribution is 0.108. The van der Waals surface area contributed by atoms with Crippen LogP contribution in [0.1, 0.15) is 46.5 Å². The smallest absolute Gasteiger partial charge is 0.0222 e. The zero-order chi connectivity index (χ0) is 12.2. The third kappa shape index (κ3) is 5.31. The second-order valence-electron chi connectivity index (χ2n) is 6.76. The lowest BCUT2D eigenvalue weighted by atomic mass is 9.91. The van der Waals surface area contributed by atoms with Gasteiger partial charge < -0.3 is 4.90 Å². The molecule has 1 aliphatic heterocycles. The second kappa shape index (κ2) is 6.02. The Morgan fingerprint density at radius 2 is 1.88 bits per heavy atom. The monoisotopic (exact) mass is 226 g/mol. The van der Waals surface area contributed by atoms with E-state index in [4.69, 9.17) is 0 Å². The van der Waals surface area contributed by atoms with Crippen molar-refractivity contribution in [3.63, 3.8) is 0 Å². The summed E-state index contributed by atoms with van der Waals surface area (Å²) in [6, 6.07) is 0.797. The predicted molar refractivity (Wildman–Crippen MR) is 71.8 cm³/mol. The number of nitrogens with zero attached hydrogens (tertiary/aromatic N) is 2. The number of hydrogen-bond acceptors (Lipinski definition) is 2. The summed E-state index contributed by atoms with van der Waals surface area (Å²) < 4.78 is 0. The first-order valence-electron chi connectivity index (χ1n) is 6.77. The summed E-state index contributed by atoms with van der Waals surface area (Å²) in [5, 5.41) is 0. The van der Waals surface area contributed by atoms with Crippen molar-refractivity contribution in [1.29, 1.82) is 0 Å². The van der Waals surface area contributed by atoms with Gasteiger partial charge in [0.15, 0.2) is 0 Å². The molecule has 0 radical (unpaired) electrons. The largest absolute Gasteiger partial charge is 0.308 e. The van der Waals surface area contributed by atoms with E-state index in [1.54, 1.807) is 0 Å². The molecule has 0 N–H and O–H groups in total. The molecule has 0 amide bonds. The van der Waals surface area contributed by atoms with E-state index in [1.165, 1.54) is 45.3 Å². The molecule has 0 aliphatic carbocycles. The summed E-state index contributed by atoms with van der Waals surface area (Å²) in [6.07, 6.45) is 5.53. The highest BCUT2D eigenvalue weighted by Gasteiger charge is 2.23. The van der Waals surface area contributed by atoms with Crippen LogP contribution in [0.2, 0.25) is 0 Å². The second-order valence-corrected chi connectivity index (χ2v) is 6.76. The molecule has 1 atom stereocenters. The maximum atomic E-state index is 2.72. The molecule has 1 heterocycles. The van der Waals surface area contributed by atoms with Crippen LogP contribution < -0.4 is 0 Å². The molecular weight excluding hydrogens is 196 g/mol. The van der Waals surface area contributed by atoms with Gasteiger partial charge in [0.25, 0.3) is 0 Å². The Morgan fingerprint density at radius 1 is 1.19 bits per heavy atom.